The summed E-state index contributed by atoms with van der Waals surface area (Å²) in [5, 5.41) is 0. The predicted molar refractivity (Wildman–Crippen MR) is 88.1 cm³/mol. The van der Waals surface area contributed by atoms with Crippen molar-refractivity contribution >= 4 is 17.5 Å². The molecule has 1 fully saturated rings. The first kappa shape index (κ1) is 14.5. The number of morpholine rings is 1. The highest BCUT2D eigenvalue weighted by Crippen LogP contribution is 2.37. The maximum absolute atomic E-state index is 12.7. The van der Waals surface area contributed by atoms with Crippen molar-refractivity contribution in [3.63, 3.8) is 0 Å². The number of fused-ring (bicyclic) bond motifs is 2. The van der Waals surface area contributed by atoms with Crippen LogP contribution in [0.3, 0.4) is 0 Å². The van der Waals surface area contributed by atoms with E-state index in [1.165, 1.54) is 0 Å². The van der Waals surface area contributed by atoms with Crippen LogP contribution in [0.2, 0.25) is 0 Å². The van der Waals surface area contributed by atoms with E-state index < -0.39 is 0 Å². The van der Waals surface area contributed by atoms with Gasteiger partial charge in [-0.3, -0.25) is 4.79 Å². The number of carbonyl (C=O) groups is 1. The number of hydrogen-bond donors (Lipinski definition) is 0. The zero-order valence-corrected chi connectivity index (χ0v) is 13.5. The Morgan fingerprint density at radius 3 is 2.80 bits per heavy atom. The van der Waals surface area contributed by atoms with Crippen molar-refractivity contribution in [2.24, 2.45) is 0 Å². The molecular formula is C17H16N4O4. The first-order valence-electron chi connectivity index (χ1n) is 8.20. The summed E-state index contributed by atoms with van der Waals surface area (Å²) in [6.45, 7) is 3.50. The molecule has 5 rings (SSSR count). The summed E-state index contributed by atoms with van der Waals surface area (Å²) in [5.41, 5.74) is 2.06. The number of carbonyl (C=O) groups excluding carboxylic acids is 1. The molecular weight excluding hydrogens is 324 g/mol. The lowest BCUT2D eigenvalue weighted by molar-refractivity contribution is 0.0996. The second-order valence-electron chi connectivity index (χ2n) is 6.06. The summed E-state index contributed by atoms with van der Waals surface area (Å²) in [6, 6.07) is 5.49. The lowest BCUT2D eigenvalue weighted by Crippen LogP contribution is -2.37. The molecule has 0 unspecified atom stereocenters. The van der Waals surface area contributed by atoms with Crippen LogP contribution in [-0.2, 0) is 11.3 Å². The molecule has 1 amide bonds. The number of aromatic nitrogens is 2. The van der Waals surface area contributed by atoms with Crippen molar-refractivity contribution in [3.8, 4) is 11.5 Å². The molecule has 0 spiro atoms. The van der Waals surface area contributed by atoms with E-state index in [4.69, 9.17) is 14.2 Å². The zero-order chi connectivity index (χ0) is 16.8. The molecule has 128 valence electrons. The van der Waals surface area contributed by atoms with E-state index in [2.05, 4.69) is 14.9 Å². The normalized spacial score (nSPS) is 18.6. The first-order chi connectivity index (χ1) is 12.3. The number of amides is 1. The molecule has 1 aromatic heterocycles. The van der Waals surface area contributed by atoms with Gasteiger partial charge in [0.05, 0.1) is 31.0 Å². The van der Waals surface area contributed by atoms with Gasteiger partial charge in [0.2, 0.25) is 12.7 Å². The van der Waals surface area contributed by atoms with Crippen LogP contribution < -0.4 is 19.3 Å². The largest absolute Gasteiger partial charge is 0.454 e. The summed E-state index contributed by atoms with van der Waals surface area (Å²) < 4.78 is 16.1. The smallest absolute Gasteiger partial charge is 0.262 e. The molecule has 1 aromatic carbocycles. The Bertz CT molecular complexity index is 851. The molecule has 8 heteroatoms. The quantitative estimate of drug-likeness (QED) is 0.813. The molecule has 2 aromatic rings. The van der Waals surface area contributed by atoms with Gasteiger partial charge >= 0.3 is 0 Å². The second kappa shape index (κ2) is 5.59. The summed E-state index contributed by atoms with van der Waals surface area (Å²) in [7, 11) is 0. The summed E-state index contributed by atoms with van der Waals surface area (Å²) in [6.07, 6.45) is 1.63. The topological polar surface area (TPSA) is 77.0 Å². The van der Waals surface area contributed by atoms with Gasteiger partial charge in [-0.15, -0.1) is 0 Å². The fourth-order valence-electron chi connectivity index (χ4n) is 3.25. The third-order valence-corrected chi connectivity index (χ3v) is 4.60. The van der Waals surface area contributed by atoms with Crippen LogP contribution >= 0.6 is 0 Å². The Balaban J connectivity index is 1.44. The van der Waals surface area contributed by atoms with Gasteiger partial charge in [-0.05, 0) is 12.1 Å². The molecule has 0 atom stereocenters. The SMILES string of the molecule is O=C1c2cnc(N3CCOCC3)nc2CN1c1ccc2c(c1)OCO2. The van der Waals surface area contributed by atoms with E-state index in [9.17, 15) is 4.79 Å². The number of nitrogens with zero attached hydrogens (tertiary/aromatic N) is 4. The van der Waals surface area contributed by atoms with Gasteiger partial charge in [-0.25, -0.2) is 9.97 Å². The van der Waals surface area contributed by atoms with Gasteiger partial charge in [0, 0.05) is 31.0 Å². The Kier molecular flexibility index (Phi) is 3.24. The highest BCUT2D eigenvalue weighted by Gasteiger charge is 2.32. The number of anilines is 2. The van der Waals surface area contributed by atoms with Crippen LogP contribution in [0.4, 0.5) is 11.6 Å². The van der Waals surface area contributed by atoms with Gasteiger partial charge < -0.3 is 24.0 Å². The average Bonchev–Trinajstić information content (AvgIpc) is 3.26. The third kappa shape index (κ3) is 2.37. The van der Waals surface area contributed by atoms with E-state index in [1.807, 2.05) is 18.2 Å². The van der Waals surface area contributed by atoms with E-state index in [1.54, 1.807) is 11.1 Å². The molecule has 0 saturated carbocycles. The average molecular weight is 340 g/mol. The Morgan fingerprint density at radius 1 is 1.08 bits per heavy atom. The molecule has 3 aliphatic heterocycles. The van der Waals surface area contributed by atoms with Crippen molar-refractivity contribution in [1.29, 1.82) is 0 Å². The molecule has 0 radical (unpaired) electrons. The van der Waals surface area contributed by atoms with Gasteiger partial charge in [0.15, 0.2) is 11.5 Å². The van der Waals surface area contributed by atoms with Crippen molar-refractivity contribution in [2.45, 2.75) is 6.54 Å². The maximum atomic E-state index is 12.7. The molecule has 0 aliphatic carbocycles. The van der Waals surface area contributed by atoms with Crippen LogP contribution in [0.15, 0.2) is 24.4 Å². The zero-order valence-electron chi connectivity index (χ0n) is 13.5. The maximum Gasteiger partial charge on any atom is 0.262 e. The minimum atomic E-state index is -0.0950. The monoisotopic (exact) mass is 340 g/mol. The fourth-order valence-corrected chi connectivity index (χ4v) is 3.25. The Morgan fingerprint density at radius 2 is 1.92 bits per heavy atom. The van der Waals surface area contributed by atoms with Crippen molar-refractivity contribution < 1.29 is 19.0 Å². The lowest BCUT2D eigenvalue weighted by atomic mass is 10.2. The van der Waals surface area contributed by atoms with Gasteiger partial charge in [-0.2, -0.15) is 0 Å². The van der Waals surface area contributed by atoms with Crippen LogP contribution in [0.5, 0.6) is 11.5 Å². The third-order valence-electron chi connectivity index (χ3n) is 4.60. The van der Waals surface area contributed by atoms with Gasteiger partial charge in [-0.1, -0.05) is 0 Å². The summed E-state index contributed by atoms with van der Waals surface area (Å²) in [4.78, 5) is 25.5. The predicted octanol–water partition coefficient (Wildman–Crippen LogP) is 1.20. The molecule has 0 bridgehead atoms. The van der Waals surface area contributed by atoms with Crippen molar-refractivity contribution in [2.75, 3.05) is 42.9 Å². The number of rotatable bonds is 2. The number of hydrogen-bond acceptors (Lipinski definition) is 7. The molecule has 0 N–H and O–H groups in total. The second-order valence-corrected chi connectivity index (χ2v) is 6.06. The standard InChI is InChI=1S/C17H16N4O4/c22-16-12-8-18-17(20-3-5-23-6-4-20)19-13(12)9-21(16)11-1-2-14-15(7-11)25-10-24-14/h1-2,7-8H,3-6,9-10H2. The Hall–Kier alpha value is -2.87. The van der Waals surface area contributed by atoms with Crippen LogP contribution in [0.25, 0.3) is 0 Å². The summed E-state index contributed by atoms with van der Waals surface area (Å²) >= 11 is 0. The van der Waals surface area contributed by atoms with E-state index >= 15 is 0 Å². The minimum Gasteiger partial charge on any atom is -0.454 e. The number of benzene rings is 1. The van der Waals surface area contributed by atoms with E-state index in [0.717, 1.165) is 24.5 Å². The highest BCUT2D eigenvalue weighted by atomic mass is 16.7. The lowest BCUT2D eigenvalue weighted by Gasteiger charge is -2.26. The van der Waals surface area contributed by atoms with Gasteiger partial charge in [0.25, 0.3) is 5.91 Å². The van der Waals surface area contributed by atoms with Crippen molar-refractivity contribution in [3.05, 3.63) is 35.7 Å². The van der Waals surface area contributed by atoms with Gasteiger partial charge in [0.1, 0.15) is 0 Å². The minimum absolute atomic E-state index is 0.0950. The molecule has 25 heavy (non-hydrogen) atoms. The van der Waals surface area contributed by atoms with Crippen molar-refractivity contribution in [1.82, 2.24) is 9.97 Å². The molecule has 4 heterocycles. The van der Waals surface area contributed by atoms with E-state index in [0.29, 0.717) is 42.8 Å². The van der Waals surface area contributed by atoms with E-state index in [-0.39, 0.29) is 12.7 Å². The van der Waals surface area contributed by atoms with Crippen LogP contribution in [0.1, 0.15) is 16.1 Å². The number of ether oxygens (including phenoxy) is 3. The fraction of sp³-hybridized carbons (Fsp3) is 0.353. The van der Waals surface area contributed by atoms with Crippen LogP contribution in [-0.4, -0.2) is 49.0 Å². The van der Waals surface area contributed by atoms with Crippen LogP contribution in [0, 0.1) is 0 Å². The molecule has 3 aliphatic rings. The highest BCUT2D eigenvalue weighted by molar-refractivity contribution is 6.09. The first-order valence-corrected chi connectivity index (χ1v) is 8.20. The Labute approximate surface area is 143 Å². The molecule has 1 saturated heterocycles. The summed E-state index contributed by atoms with van der Waals surface area (Å²) in [5.74, 6) is 1.91. The molecule has 8 nitrogen and oxygen atoms in total.